The topological polar surface area (TPSA) is 104 Å². The van der Waals surface area contributed by atoms with Gasteiger partial charge in [0.05, 0.1) is 17.1 Å². The van der Waals surface area contributed by atoms with Gasteiger partial charge < -0.3 is 24.6 Å². The number of ether oxygens (including phenoxy) is 2. The number of nitrogens with one attached hydrogen (secondary N) is 2. The number of aryl methyl sites for hydroxylation is 1. The molecule has 6 rings (SSSR count). The maximum absolute atomic E-state index is 6.50. The molecule has 0 spiro atoms. The van der Waals surface area contributed by atoms with Crippen LogP contribution in [-0.4, -0.2) is 82.5 Å². The summed E-state index contributed by atoms with van der Waals surface area (Å²) in [5, 5.41) is 11.5. The van der Waals surface area contributed by atoms with Crippen LogP contribution in [0.1, 0.15) is 18.4 Å². The van der Waals surface area contributed by atoms with Crippen molar-refractivity contribution in [3.63, 3.8) is 0 Å². The van der Waals surface area contributed by atoms with E-state index < -0.39 is 0 Å². The quantitative estimate of drug-likeness (QED) is 0.436. The number of H-pyrrole nitrogens is 1. The Balaban J connectivity index is 1.42. The van der Waals surface area contributed by atoms with Crippen molar-refractivity contribution in [2.75, 3.05) is 51.3 Å². The average Bonchev–Trinajstić information content (AvgIpc) is 3.53. The lowest BCUT2D eigenvalue weighted by molar-refractivity contribution is 0.188. The number of anilines is 1. The first-order valence-electron chi connectivity index (χ1n) is 12.2. The van der Waals surface area contributed by atoms with E-state index in [1.165, 1.54) is 6.42 Å². The number of likely N-dealkylation sites (N-methyl/N-ethyl adjacent to an activating group) is 1. The normalized spacial score (nSPS) is 19.0. The summed E-state index contributed by atoms with van der Waals surface area (Å²) in [6, 6.07) is 6.62. The van der Waals surface area contributed by atoms with E-state index in [2.05, 4.69) is 37.3 Å². The highest BCUT2D eigenvalue weighted by Gasteiger charge is 2.24. The van der Waals surface area contributed by atoms with E-state index in [0.717, 1.165) is 67.2 Å². The van der Waals surface area contributed by atoms with Gasteiger partial charge in [0.15, 0.2) is 11.6 Å². The summed E-state index contributed by atoms with van der Waals surface area (Å²) >= 11 is 0. The molecule has 10 heteroatoms. The van der Waals surface area contributed by atoms with Crippen molar-refractivity contribution in [2.24, 2.45) is 0 Å². The monoisotopic (exact) mass is 474 g/mol. The van der Waals surface area contributed by atoms with E-state index in [9.17, 15) is 0 Å². The van der Waals surface area contributed by atoms with Crippen LogP contribution < -0.4 is 19.7 Å². The largest absolute Gasteiger partial charge is 0.462 e. The highest BCUT2D eigenvalue weighted by atomic mass is 16.5. The number of rotatable bonds is 6. The summed E-state index contributed by atoms with van der Waals surface area (Å²) in [7, 11) is 2.14. The molecule has 0 unspecified atom stereocenters. The zero-order valence-electron chi connectivity index (χ0n) is 20.1. The zero-order valence-corrected chi connectivity index (χ0v) is 20.1. The predicted molar refractivity (Wildman–Crippen MR) is 134 cm³/mol. The van der Waals surface area contributed by atoms with Crippen molar-refractivity contribution in [2.45, 2.75) is 25.8 Å². The Hall–Kier alpha value is -3.50. The van der Waals surface area contributed by atoms with Crippen LogP contribution in [0, 0.1) is 6.92 Å². The molecule has 0 amide bonds. The molecule has 2 aliphatic rings. The van der Waals surface area contributed by atoms with Gasteiger partial charge in [0.25, 0.3) is 0 Å². The molecule has 10 nitrogen and oxygen atoms in total. The summed E-state index contributed by atoms with van der Waals surface area (Å²) in [4.78, 5) is 18.9. The maximum atomic E-state index is 6.50. The van der Waals surface area contributed by atoms with E-state index in [4.69, 9.17) is 19.4 Å². The van der Waals surface area contributed by atoms with Gasteiger partial charge in [-0.3, -0.25) is 10.1 Å². The van der Waals surface area contributed by atoms with Crippen molar-refractivity contribution in [3.8, 4) is 17.5 Å². The minimum atomic E-state index is 0.363. The summed E-state index contributed by atoms with van der Waals surface area (Å²) < 4.78 is 12.7. The molecule has 0 saturated carbocycles. The lowest BCUT2D eigenvalue weighted by Crippen LogP contribution is -2.44. The molecule has 2 aliphatic heterocycles. The molecule has 0 aliphatic carbocycles. The number of aromatic nitrogens is 5. The highest BCUT2D eigenvalue weighted by Crippen LogP contribution is 2.37. The molecule has 5 heterocycles. The number of likely N-dealkylation sites (tertiary alicyclic amines) is 1. The lowest BCUT2D eigenvalue weighted by Gasteiger charge is -2.29. The summed E-state index contributed by atoms with van der Waals surface area (Å²) in [6.45, 7) is 7.17. The molecule has 35 heavy (non-hydrogen) atoms. The van der Waals surface area contributed by atoms with Crippen molar-refractivity contribution < 1.29 is 9.47 Å². The summed E-state index contributed by atoms with van der Waals surface area (Å²) in [5.74, 6) is 2.16. The van der Waals surface area contributed by atoms with Crippen LogP contribution in [0.15, 0.2) is 30.6 Å². The molecule has 0 bridgehead atoms. The minimum Gasteiger partial charge on any atom is -0.462 e. The molecule has 4 aromatic rings. The van der Waals surface area contributed by atoms with Gasteiger partial charge in [-0.25, -0.2) is 0 Å². The van der Waals surface area contributed by atoms with Crippen LogP contribution in [0.2, 0.25) is 0 Å². The fraction of sp³-hybridized carbons (Fsp3) is 0.440. The number of nitrogens with zero attached hydrogens (tertiary/aromatic N) is 6. The molecule has 2 N–H and O–H groups in total. The third-order valence-electron chi connectivity index (χ3n) is 6.98. The van der Waals surface area contributed by atoms with Gasteiger partial charge >= 0.3 is 6.01 Å². The Morgan fingerprint density at radius 1 is 1.09 bits per heavy atom. The maximum Gasteiger partial charge on any atom is 0.319 e. The molecule has 2 fully saturated rings. The zero-order chi connectivity index (χ0) is 23.8. The van der Waals surface area contributed by atoms with Crippen molar-refractivity contribution in [3.05, 3.63) is 36.2 Å². The van der Waals surface area contributed by atoms with E-state index in [1.54, 1.807) is 12.4 Å². The SMILES string of the molecule is Cc1ccc2[nH]ncc2c1Oc1ccnc2c(N3CCNCC3)nc(OC[C@@H]3CCCN3C)nc12. The summed E-state index contributed by atoms with van der Waals surface area (Å²) in [6.07, 6.45) is 5.86. The second kappa shape index (κ2) is 9.27. The first-order valence-corrected chi connectivity index (χ1v) is 12.2. The number of pyridine rings is 1. The average molecular weight is 475 g/mol. The molecule has 1 atom stereocenters. The van der Waals surface area contributed by atoms with E-state index in [-0.39, 0.29) is 0 Å². The van der Waals surface area contributed by atoms with Crippen LogP contribution in [-0.2, 0) is 0 Å². The molecule has 0 radical (unpaired) electrons. The van der Waals surface area contributed by atoms with Crippen molar-refractivity contribution in [1.82, 2.24) is 35.4 Å². The van der Waals surface area contributed by atoms with Crippen LogP contribution in [0.25, 0.3) is 21.9 Å². The second-order valence-corrected chi connectivity index (χ2v) is 9.31. The van der Waals surface area contributed by atoms with Gasteiger partial charge in [-0.05, 0) is 45.0 Å². The number of piperazine rings is 1. The van der Waals surface area contributed by atoms with Crippen LogP contribution in [0.4, 0.5) is 5.82 Å². The standard InChI is InChI=1S/C25H30N8O2/c1-16-5-6-19-18(14-28-31-19)23(16)35-20-7-8-27-22-21(20)29-25(34-15-17-4-3-11-32(17)2)30-24(22)33-12-9-26-10-13-33/h5-8,14,17,26H,3-4,9-13,15H2,1-2H3,(H,28,31)/t17-/m0/s1. The van der Waals surface area contributed by atoms with Gasteiger partial charge in [-0.2, -0.15) is 15.1 Å². The number of aromatic amines is 1. The third kappa shape index (κ3) is 4.23. The Morgan fingerprint density at radius 3 is 2.80 bits per heavy atom. The van der Waals surface area contributed by atoms with Gasteiger partial charge in [0, 0.05) is 44.5 Å². The minimum absolute atomic E-state index is 0.363. The molecule has 182 valence electrons. The first kappa shape index (κ1) is 22.0. The molecule has 1 aromatic carbocycles. The van der Waals surface area contributed by atoms with Crippen LogP contribution in [0.3, 0.4) is 0 Å². The van der Waals surface area contributed by atoms with E-state index in [0.29, 0.717) is 35.4 Å². The van der Waals surface area contributed by atoms with E-state index >= 15 is 0 Å². The number of benzene rings is 1. The van der Waals surface area contributed by atoms with Crippen LogP contribution >= 0.6 is 0 Å². The van der Waals surface area contributed by atoms with E-state index in [1.807, 2.05) is 25.1 Å². The molecular weight excluding hydrogens is 444 g/mol. The number of hydrogen-bond acceptors (Lipinski definition) is 9. The Labute approximate surface area is 203 Å². The summed E-state index contributed by atoms with van der Waals surface area (Å²) in [5.41, 5.74) is 3.29. The number of fused-ring (bicyclic) bond motifs is 2. The van der Waals surface area contributed by atoms with Crippen LogP contribution in [0.5, 0.6) is 17.5 Å². The molecule has 3 aromatic heterocycles. The first-order chi connectivity index (χ1) is 17.2. The fourth-order valence-corrected chi connectivity index (χ4v) is 4.92. The Morgan fingerprint density at radius 2 is 1.97 bits per heavy atom. The van der Waals surface area contributed by atoms with Gasteiger partial charge in [-0.15, -0.1) is 0 Å². The third-order valence-corrected chi connectivity index (χ3v) is 6.98. The van der Waals surface area contributed by atoms with Gasteiger partial charge in [-0.1, -0.05) is 6.07 Å². The number of hydrogen-bond donors (Lipinski definition) is 2. The predicted octanol–water partition coefficient (Wildman–Crippen LogP) is 2.88. The Kier molecular flexibility index (Phi) is 5.83. The van der Waals surface area contributed by atoms with Crippen molar-refractivity contribution >= 4 is 27.8 Å². The van der Waals surface area contributed by atoms with Crippen molar-refractivity contribution in [1.29, 1.82) is 0 Å². The van der Waals surface area contributed by atoms with Gasteiger partial charge in [0.1, 0.15) is 23.4 Å². The lowest BCUT2D eigenvalue weighted by atomic mass is 10.1. The fourth-order valence-electron chi connectivity index (χ4n) is 4.92. The van der Waals surface area contributed by atoms with Gasteiger partial charge in [0.2, 0.25) is 0 Å². The highest BCUT2D eigenvalue weighted by molar-refractivity contribution is 5.91. The second-order valence-electron chi connectivity index (χ2n) is 9.31. The smallest absolute Gasteiger partial charge is 0.319 e. The Bertz CT molecular complexity index is 1350. The molecule has 2 saturated heterocycles. The molecular formula is C25H30N8O2.